The Morgan fingerprint density at radius 1 is 0.889 bits per heavy atom. The van der Waals surface area contributed by atoms with Crippen molar-refractivity contribution >= 4 is 23.7 Å². The molecular weight excluding hydrogens is 464 g/mol. The van der Waals surface area contributed by atoms with Gasteiger partial charge in [-0.3, -0.25) is 4.90 Å². The van der Waals surface area contributed by atoms with Crippen LogP contribution in [-0.2, 0) is 25.7 Å². The summed E-state index contributed by atoms with van der Waals surface area (Å²) in [6.45, 7) is 1.91. The fraction of sp³-hybridized carbons (Fsp3) is 0.222. The number of hydrogen-bond donors (Lipinski definition) is 2. The lowest BCUT2D eigenvalue weighted by molar-refractivity contribution is -0.172. The second-order valence-electron chi connectivity index (χ2n) is 8.39. The molecule has 36 heavy (non-hydrogen) atoms. The molecule has 0 radical (unpaired) electrons. The average molecular weight is 491 g/mol. The first-order chi connectivity index (χ1) is 17.4. The van der Waals surface area contributed by atoms with Crippen molar-refractivity contribution in [1.29, 1.82) is 0 Å². The van der Waals surface area contributed by atoms with Crippen LogP contribution in [0.1, 0.15) is 18.4 Å². The van der Waals surface area contributed by atoms with Gasteiger partial charge in [0.05, 0.1) is 5.69 Å². The number of phenolic OH excluding ortho intramolecular Hbond substituents is 1. The maximum atomic E-state index is 12.5. The number of hydrogen-bond acceptors (Lipinski definition) is 7. The fourth-order valence-electron chi connectivity index (χ4n) is 4.12. The number of anilines is 1. The number of aromatic hydroxyl groups is 1. The average Bonchev–Trinajstić information content (AvgIpc) is 2.88. The highest BCUT2D eigenvalue weighted by Gasteiger charge is 2.31. The third kappa shape index (κ3) is 6.19. The summed E-state index contributed by atoms with van der Waals surface area (Å²) in [4.78, 5) is 43.9. The van der Waals surface area contributed by atoms with Crippen LogP contribution in [-0.4, -0.2) is 52.3 Å². The van der Waals surface area contributed by atoms with Gasteiger partial charge < -0.3 is 19.8 Å². The maximum absolute atomic E-state index is 12.5. The number of piperidine rings is 1. The molecule has 1 aliphatic rings. The summed E-state index contributed by atoms with van der Waals surface area (Å²) in [6.07, 6.45) is -1.02. The SMILES string of the molecule is O=C(OC1CCN(Cc2cccc(O)c2)CC1)C(=O)ON(C(=O)O)c1ccccc1-c1ccccc1. The van der Waals surface area contributed by atoms with Crippen LogP contribution in [0.15, 0.2) is 78.9 Å². The molecule has 0 aromatic heterocycles. The van der Waals surface area contributed by atoms with E-state index < -0.39 is 24.1 Å². The molecule has 0 bridgehead atoms. The third-order valence-corrected chi connectivity index (χ3v) is 5.85. The van der Waals surface area contributed by atoms with Crippen molar-refractivity contribution in [2.45, 2.75) is 25.5 Å². The van der Waals surface area contributed by atoms with Crippen LogP contribution < -0.4 is 5.06 Å². The van der Waals surface area contributed by atoms with Crippen molar-refractivity contribution < 1.29 is 34.2 Å². The van der Waals surface area contributed by atoms with Crippen molar-refractivity contribution in [3.05, 3.63) is 84.4 Å². The summed E-state index contributed by atoms with van der Waals surface area (Å²) in [5, 5.41) is 19.7. The van der Waals surface area contributed by atoms with E-state index in [0.717, 1.165) is 11.1 Å². The standard InChI is InChI=1S/C27H26N2O7/c30-21-10-6-7-19(17-21)18-28-15-13-22(14-16-28)35-25(31)26(32)36-29(27(33)34)24-12-5-4-11-23(24)20-8-2-1-3-9-20/h1-12,17,22,30H,13-16,18H2,(H,33,34). The predicted molar refractivity (Wildman–Crippen MR) is 131 cm³/mol. The molecule has 186 valence electrons. The molecule has 0 spiro atoms. The van der Waals surface area contributed by atoms with E-state index in [1.807, 2.05) is 12.1 Å². The van der Waals surface area contributed by atoms with Crippen molar-refractivity contribution in [3.63, 3.8) is 0 Å². The summed E-state index contributed by atoms with van der Waals surface area (Å²) < 4.78 is 5.30. The van der Waals surface area contributed by atoms with Crippen LogP contribution in [0.4, 0.5) is 10.5 Å². The summed E-state index contributed by atoms with van der Waals surface area (Å²) in [6, 6.07) is 22.5. The smallest absolute Gasteiger partial charge is 0.445 e. The van der Waals surface area contributed by atoms with E-state index in [0.29, 0.717) is 43.1 Å². The zero-order valence-corrected chi connectivity index (χ0v) is 19.4. The molecule has 9 heteroatoms. The molecule has 1 fully saturated rings. The Morgan fingerprint density at radius 2 is 1.58 bits per heavy atom. The molecule has 0 atom stereocenters. The summed E-state index contributed by atoms with van der Waals surface area (Å²) in [5.74, 6) is -2.45. The molecule has 0 saturated carbocycles. The lowest BCUT2D eigenvalue weighted by Crippen LogP contribution is -2.40. The lowest BCUT2D eigenvalue weighted by Gasteiger charge is -2.31. The molecule has 1 heterocycles. The Labute approximate surface area is 208 Å². The molecule has 1 aliphatic heterocycles. The van der Waals surface area contributed by atoms with Crippen molar-refractivity contribution in [1.82, 2.24) is 4.90 Å². The lowest BCUT2D eigenvalue weighted by atomic mass is 10.0. The second kappa shape index (κ2) is 11.4. The molecule has 0 unspecified atom stereocenters. The fourth-order valence-corrected chi connectivity index (χ4v) is 4.12. The van der Waals surface area contributed by atoms with Crippen molar-refractivity contribution in [3.8, 4) is 16.9 Å². The van der Waals surface area contributed by atoms with E-state index in [4.69, 9.17) is 9.57 Å². The molecule has 0 aliphatic carbocycles. The van der Waals surface area contributed by atoms with Gasteiger partial charge in [0.15, 0.2) is 0 Å². The number of likely N-dealkylation sites (tertiary alicyclic amines) is 1. The second-order valence-corrected chi connectivity index (χ2v) is 8.39. The Balaban J connectivity index is 1.35. The highest BCUT2D eigenvalue weighted by Crippen LogP contribution is 2.31. The van der Waals surface area contributed by atoms with Gasteiger partial charge in [0, 0.05) is 25.2 Å². The van der Waals surface area contributed by atoms with E-state index in [-0.39, 0.29) is 11.4 Å². The van der Waals surface area contributed by atoms with Gasteiger partial charge in [-0.2, -0.15) is 0 Å². The van der Waals surface area contributed by atoms with Crippen LogP contribution in [0.25, 0.3) is 11.1 Å². The molecule has 2 N–H and O–H groups in total. The van der Waals surface area contributed by atoms with Crippen LogP contribution in [0.5, 0.6) is 5.75 Å². The predicted octanol–water partition coefficient (Wildman–Crippen LogP) is 4.21. The first-order valence-electron chi connectivity index (χ1n) is 11.5. The third-order valence-electron chi connectivity index (χ3n) is 5.85. The minimum atomic E-state index is -1.56. The zero-order chi connectivity index (χ0) is 25.5. The zero-order valence-electron chi connectivity index (χ0n) is 19.4. The first-order valence-corrected chi connectivity index (χ1v) is 11.5. The maximum Gasteiger partial charge on any atom is 0.445 e. The van der Waals surface area contributed by atoms with Crippen LogP contribution in [0.3, 0.4) is 0 Å². The topological polar surface area (TPSA) is 117 Å². The van der Waals surface area contributed by atoms with Gasteiger partial charge in [-0.15, -0.1) is 5.06 Å². The monoisotopic (exact) mass is 490 g/mol. The van der Waals surface area contributed by atoms with Gasteiger partial charge >= 0.3 is 18.0 Å². The minimum absolute atomic E-state index is 0.0950. The quantitative estimate of drug-likeness (QED) is 0.310. The highest BCUT2D eigenvalue weighted by atomic mass is 16.7. The summed E-state index contributed by atoms with van der Waals surface area (Å²) in [5.41, 5.74) is 2.30. The Hall–Kier alpha value is -4.37. The number of ether oxygens (including phenoxy) is 1. The number of rotatable bonds is 5. The number of benzene rings is 3. The Morgan fingerprint density at radius 3 is 2.28 bits per heavy atom. The molecule has 9 nitrogen and oxygen atoms in total. The number of carboxylic acid groups (broad SMARTS) is 1. The van der Waals surface area contributed by atoms with Gasteiger partial charge in [0.2, 0.25) is 0 Å². The normalized spacial score (nSPS) is 14.1. The van der Waals surface area contributed by atoms with E-state index in [9.17, 15) is 24.6 Å². The van der Waals surface area contributed by atoms with Crippen LogP contribution in [0.2, 0.25) is 0 Å². The number of hydroxylamine groups is 1. The Kier molecular flexibility index (Phi) is 7.82. The first kappa shape index (κ1) is 24.7. The molecule has 3 aromatic rings. The van der Waals surface area contributed by atoms with Gasteiger partial charge in [0.1, 0.15) is 11.9 Å². The highest BCUT2D eigenvalue weighted by molar-refractivity contribution is 6.30. The molecule has 1 saturated heterocycles. The van der Waals surface area contributed by atoms with Gasteiger partial charge in [-0.25, -0.2) is 14.4 Å². The summed E-state index contributed by atoms with van der Waals surface area (Å²) >= 11 is 0. The van der Waals surface area contributed by atoms with E-state index in [1.165, 1.54) is 6.07 Å². The molecule has 3 aromatic carbocycles. The number of carbonyl (C=O) groups is 3. The number of esters is 1. The number of nitrogens with zero attached hydrogens (tertiary/aromatic N) is 2. The van der Waals surface area contributed by atoms with E-state index >= 15 is 0 Å². The van der Waals surface area contributed by atoms with Gasteiger partial charge in [-0.1, -0.05) is 60.7 Å². The van der Waals surface area contributed by atoms with Crippen LogP contribution >= 0.6 is 0 Å². The van der Waals surface area contributed by atoms with Gasteiger partial charge in [0.25, 0.3) is 0 Å². The van der Waals surface area contributed by atoms with Gasteiger partial charge in [-0.05, 0) is 42.2 Å². The molecular formula is C27H26N2O7. The molecule has 4 rings (SSSR count). The largest absolute Gasteiger partial charge is 0.508 e. The molecule has 1 amide bonds. The number of para-hydroxylation sites is 1. The van der Waals surface area contributed by atoms with Crippen LogP contribution in [0, 0.1) is 0 Å². The minimum Gasteiger partial charge on any atom is -0.508 e. The van der Waals surface area contributed by atoms with Crippen molar-refractivity contribution in [2.24, 2.45) is 0 Å². The summed E-state index contributed by atoms with van der Waals surface area (Å²) in [7, 11) is 0. The number of carbonyl (C=O) groups excluding carboxylic acids is 2. The number of amides is 1. The van der Waals surface area contributed by atoms with E-state index in [2.05, 4.69) is 4.90 Å². The van der Waals surface area contributed by atoms with E-state index in [1.54, 1.807) is 60.7 Å². The van der Waals surface area contributed by atoms with Crippen molar-refractivity contribution in [2.75, 3.05) is 18.2 Å². The number of phenols is 1. The Bertz CT molecular complexity index is 1220.